The standard InChI is InChI=1S/C27H38N2/c1-8-12-22-16-21(10-3)13-14-23(17-22)24-15-19(6)25(20(7)28)27(29-11-4)26(24)18(5)9-2/h11,14-18,29H,4,7-10,12-13,28H2,1-3,5-6H3. The summed E-state index contributed by atoms with van der Waals surface area (Å²) < 4.78 is 0. The van der Waals surface area contributed by atoms with E-state index in [-0.39, 0.29) is 0 Å². The maximum absolute atomic E-state index is 6.20. The second-order valence-electron chi connectivity index (χ2n) is 8.08. The van der Waals surface area contributed by atoms with Crippen molar-refractivity contribution in [1.82, 2.24) is 0 Å². The molecule has 2 rings (SSSR count). The van der Waals surface area contributed by atoms with Gasteiger partial charge < -0.3 is 11.1 Å². The van der Waals surface area contributed by atoms with Crippen molar-refractivity contribution >= 4 is 17.0 Å². The van der Waals surface area contributed by atoms with Crippen molar-refractivity contribution in [2.45, 2.75) is 72.6 Å². The van der Waals surface area contributed by atoms with Gasteiger partial charge in [-0.2, -0.15) is 0 Å². The van der Waals surface area contributed by atoms with Crippen LogP contribution >= 0.6 is 0 Å². The highest BCUT2D eigenvalue weighted by molar-refractivity contribution is 5.88. The first-order valence-electron chi connectivity index (χ1n) is 11.0. The summed E-state index contributed by atoms with van der Waals surface area (Å²) in [5.41, 5.74) is 16.8. The summed E-state index contributed by atoms with van der Waals surface area (Å²) in [6.07, 6.45) is 14.3. The van der Waals surface area contributed by atoms with E-state index in [0.29, 0.717) is 11.6 Å². The van der Waals surface area contributed by atoms with Crippen LogP contribution in [0.25, 0.3) is 11.3 Å². The van der Waals surface area contributed by atoms with Crippen molar-refractivity contribution in [2.75, 3.05) is 5.32 Å². The van der Waals surface area contributed by atoms with Crippen molar-refractivity contribution in [1.29, 1.82) is 0 Å². The fraction of sp³-hybridized carbons (Fsp3) is 0.407. The van der Waals surface area contributed by atoms with Crippen molar-refractivity contribution in [3.63, 3.8) is 0 Å². The topological polar surface area (TPSA) is 38.0 Å². The summed E-state index contributed by atoms with van der Waals surface area (Å²) >= 11 is 0. The summed E-state index contributed by atoms with van der Waals surface area (Å²) in [6, 6.07) is 2.30. The SMILES string of the molecule is C=CNc1c(C(=C)N)c(C)cc(C2=CCC(CC)=CC(CCC)=C2)c1C(C)CC. The van der Waals surface area contributed by atoms with Gasteiger partial charge in [-0.15, -0.1) is 0 Å². The van der Waals surface area contributed by atoms with E-state index in [1.807, 2.05) is 0 Å². The second-order valence-corrected chi connectivity index (χ2v) is 8.08. The van der Waals surface area contributed by atoms with Crippen LogP contribution in [0.1, 0.15) is 88.0 Å². The molecule has 1 aliphatic rings. The number of benzene rings is 1. The lowest BCUT2D eigenvalue weighted by atomic mass is 9.83. The van der Waals surface area contributed by atoms with E-state index in [9.17, 15) is 0 Å². The van der Waals surface area contributed by atoms with E-state index >= 15 is 0 Å². The van der Waals surface area contributed by atoms with Crippen LogP contribution in [0.5, 0.6) is 0 Å². The van der Waals surface area contributed by atoms with Crippen LogP contribution in [-0.4, -0.2) is 0 Å². The van der Waals surface area contributed by atoms with Gasteiger partial charge in [-0.05, 0) is 72.6 Å². The van der Waals surface area contributed by atoms with Gasteiger partial charge in [0.1, 0.15) is 0 Å². The largest absolute Gasteiger partial charge is 0.399 e. The molecule has 0 saturated carbocycles. The number of anilines is 1. The normalized spacial score (nSPS) is 15.0. The molecule has 1 atom stereocenters. The Morgan fingerprint density at radius 1 is 1.28 bits per heavy atom. The van der Waals surface area contributed by atoms with Crippen molar-refractivity contribution in [2.24, 2.45) is 5.73 Å². The minimum absolute atomic E-state index is 0.386. The van der Waals surface area contributed by atoms with Gasteiger partial charge in [0, 0.05) is 11.3 Å². The van der Waals surface area contributed by atoms with Crippen LogP contribution in [-0.2, 0) is 0 Å². The van der Waals surface area contributed by atoms with Gasteiger partial charge in [-0.3, -0.25) is 0 Å². The van der Waals surface area contributed by atoms with Crippen LogP contribution in [0.2, 0.25) is 0 Å². The first kappa shape index (κ1) is 22.8. The van der Waals surface area contributed by atoms with Crippen LogP contribution in [0, 0.1) is 6.92 Å². The molecule has 2 nitrogen and oxygen atoms in total. The van der Waals surface area contributed by atoms with E-state index in [2.05, 4.69) is 77.4 Å². The number of nitrogens with one attached hydrogen (secondary N) is 1. The summed E-state index contributed by atoms with van der Waals surface area (Å²) in [6.45, 7) is 19.1. The van der Waals surface area contributed by atoms with Gasteiger partial charge in [0.05, 0.1) is 5.69 Å². The lowest BCUT2D eigenvalue weighted by Crippen LogP contribution is -2.10. The molecule has 0 amide bonds. The fourth-order valence-electron chi connectivity index (χ4n) is 4.18. The number of allylic oxidation sites excluding steroid dienone is 6. The van der Waals surface area contributed by atoms with Gasteiger partial charge in [0.15, 0.2) is 0 Å². The Morgan fingerprint density at radius 2 is 2.00 bits per heavy atom. The molecular weight excluding hydrogens is 352 g/mol. The molecule has 1 aromatic rings. The highest BCUT2D eigenvalue weighted by Crippen LogP contribution is 2.41. The number of nitrogens with two attached hydrogens (primary N) is 1. The molecule has 1 aromatic carbocycles. The average molecular weight is 391 g/mol. The Bertz CT molecular complexity index is 865. The van der Waals surface area contributed by atoms with Gasteiger partial charge in [-0.25, -0.2) is 0 Å². The Hall–Kier alpha value is -2.48. The van der Waals surface area contributed by atoms with E-state index < -0.39 is 0 Å². The number of hydrogen-bond donors (Lipinski definition) is 2. The maximum Gasteiger partial charge on any atom is 0.0518 e. The first-order chi connectivity index (χ1) is 13.9. The van der Waals surface area contributed by atoms with Gasteiger partial charge in [-0.1, -0.05) is 77.1 Å². The Morgan fingerprint density at radius 3 is 2.55 bits per heavy atom. The zero-order valence-corrected chi connectivity index (χ0v) is 19.0. The molecule has 0 bridgehead atoms. The first-order valence-corrected chi connectivity index (χ1v) is 11.0. The molecule has 156 valence electrons. The summed E-state index contributed by atoms with van der Waals surface area (Å²) in [5.74, 6) is 0.386. The summed E-state index contributed by atoms with van der Waals surface area (Å²) in [4.78, 5) is 0. The third-order valence-electron chi connectivity index (χ3n) is 5.86. The monoisotopic (exact) mass is 390 g/mol. The molecule has 0 saturated heterocycles. The molecule has 29 heavy (non-hydrogen) atoms. The van der Waals surface area contributed by atoms with Gasteiger partial charge in [0.2, 0.25) is 0 Å². The van der Waals surface area contributed by atoms with Crippen LogP contribution in [0.4, 0.5) is 5.69 Å². The molecular formula is C27H38N2. The van der Waals surface area contributed by atoms with Crippen molar-refractivity contribution < 1.29 is 0 Å². The Labute approximate surface area is 178 Å². The number of rotatable bonds is 9. The molecule has 1 aliphatic carbocycles. The smallest absolute Gasteiger partial charge is 0.0518 e. The molecule has 1 unspecified atom stereocenters. The molecule has 3 N–H and O–H groups in total. The molecule has 0 aliphatic heterocycles. The molecule has 0 fully saturated rings. The zero-order chi connectivity index (χ0) is 21.6. The molecule has 0 aromatic heterocycles. The second kappa shape index (κ2) is 10.3. The van der Waals surface area contributed by atoms with E-state index in [1.165, 1.54) is 27.8 Å². The average Bonchev–Trinajstić information content (AvgIpc) is 2.89. The molecule has 0 heterocycles. The maximum atomic E-state index is 6.20. The predicted molar refractivity (Wildman–Crippen MR) is 131 cm³/mol. The number of hydrogen-bond acceptors (Lipinski definition) is 2. The van der Waals surface area contributed by atoms with Crippen LogP contribution < -0.4 is 11.1 Å². The van der Waals surface area contributed by atoms with E-state index in [0.717, 1.165) is 48.9 Å². The lowest BCUT2D eigenvalue weighted by Gasteiger charge is -2.25. The minimum atomic E-state index is 0.386. The Balaban J connectivity index is 2.80. The Kier molecular flexibility index (Phi) is 8.13. The summed E-state index contributed by atoms with van der Waals surface area (Å²) in [7, 11) is 0. The van der Waals surface area contributed by atoms with E-state index in [4.69, 9.17) is 5.73 Å². The summed E-state index contributed by atoms with van der Waals surface area (Å²) in [5, 5.41) is 3.40. The van der Waals surface area contributed by atoms with Crippen LogP contribution in [0.3, 0.4) is 0 Å². The molecule has 0 spiro atoms. The molecule has 0 radical (unpaired) electrons. The predicted octanol–water partition coefficient (Wildman–Crippen LogP) is 7.84. The third-order valence-corrected chi connectivity index (χ3v) is 5.86. The number of aryl methyl sites for hydroxylation is 1. The molecule has 2 heteroatoms. The van der Waals surface area contributed by atoms with Gasteiger partial charge in [0.25, 0.3) is 0 Å². The highest BCUT2D eigenvalue weighted by atomic mass is 14.9. The third kappa shape index (κ3) is 5.12. The highest BCUT2D eigenvalue weighted by Gasteiger charge is 2.22. The quantitative estimate of drug-likeness (QED) is 0.450. The van der Waals surface area contributed by atoms with Crippen molar-refractivity contribution in [3.05, 3.63) is 77.1 Å². The fourth-order valence-corrected chi connectivity index (χ4v) is 4.18. The minimum Gasteiger partial charge on any atom is -0.399 e. The lowest BCUT2D eigenvalue weighted by molar-refractivity contribution is 0.733. The zero-order valence-electron chi connectivity index (χ0n) is 19.0. The van der Waals surface area contributed by atoms with Crippen LogP contribution in [0.15, 0.2) is 54.8 Å². The van der Waals surface area contributed by atoms with Crippen molar-refractivity contribution in [3.8, 4) is 0 Å². The van der Waals surface area contributed by atoms with E-state index in [1.54, 1.807) is 6.20 Å². The van der Waals surface area contributed by atoms with Gasteiger partial charge >= 0.3 is 0 Å².